The molecule has 64 valence electrons. The molecule has 1 aromatic heterocycles. The molecule has 2 heteroatoms. The lowest BCUT2D eigenvalue weighted by molar-refractivity contribution is 0.507. The van der Waals surface area contributed by atoms with E-state index in [2.05, 4.69) is 4.57 Å². The van der Waals surface area contributed by atoms with Crippen LogP contribution in [0.1, 0.15) is 36.5 Å². The van der Waals surface area contributed by atoms with E-state index in [9.17, 15) is 0 Å². The molecule has 3 rings (SSSR count). The molecule has 0 unspecified atom stereocenters. The van der Waals surface area contributed by atoms with E-state index in [-0.39, 0.29) is 0 Å². The Morgan fingerprint density at radius 2 is 2.00 bits per heavy atom. The van der Waals surface area contributed by atoms with Crippen LogP contribution in [0.25, 0.3) is 0 Å². The van der Waals surface area contributed by atoms with Crippen LogP contribution in [0.4, 0.5) is 0 Å². The summed E-state index contributed by atoms with van der Waals surface area (Å²) in [6.45, 7) is 1.23. The molecular formula is C10H14N2. The normalized spacial score (nSPS) is 20.7. The van der Waals surface area contributed by atoms with Crippen molar-refractivity contribution < 1.29 is 0 Å². The Labute approximate surface area is 72.6 Å². The van der Waals surface area contributed by atoms with Gasteiger partial charge in [0.05, 0.1) is 5.69 Å². The molecular weight excluding hydrogens is 148 g/mol. The minimum absolute atomic E-state index is 1.22. The molecule has 0 fully saturated rings. The van der Waals surface area contributed by atoms with Crippen molar-refractivity contribution >= 4 is 0 Å². The van der Waals surface area contributed by atoms with Gasteiger partial charge < -0.3 is 4.57 Å². The molecule has 0 amide bonds. The van der Waals surface area contributed by atoms with Crippen molar-refractivity contribution in [2.75, 3.05) is 0 Å². The van der Waals surface area contributed by atoms with Crippen molar-refractivity contribution in [2.24, 2.45) is 0 Å². The van der Waals surface area contributed by atoms with Gasteiger partial charge in [-0.05, 0) is 32.1 Å². The SMILES string of the molecule is C1CCn2c(nc3c2CCC3)C1. The Morgan fingerprint density at radius 1 is 1.00 bits per heavy atom. The van der Waals surface area contributed by atoms with Gasteiger partial charge in [-0.3, -0.25) is 0 Å². The highest BCUT2D eigenvalue weighted by atomic mass is 15.1. The topological polar surface area (TPSA) is 17.8 Å². The molecule has 2 aliphatic rings. The lowest BCUT2D eigenvalue weighted by Gasteiger charge is -2.15. The van der Waals surface area contributed by atoms with E-state index in [1.165, 1.54) is 56.6 Å². The highest BCUT2D eigenvalue weighted by molar-refractivity contribution is 5.23. The van der Waals surface area contributed by atoms with E-state index in [1.54, 1.807) is 5.69 Å². The molecule has 2 nitrogen and oxygen atoms in total. The fourth-order valence-electron chi connectivity index (χ4n) is 2.50. The van der Waals surface area contributed by atoms with Crippen LogP contribution in [0, 0.1) is 0 Å². The van der Waals surface area contributed by atoms with Crippen molar-refractivity contribution in [3.8, 4) is 0 Å². The van der Waals surface area contributed by atoms with E-state index >= 15 is 0 Å². The minimum Gasteiger partial charge on any atom is -0.332 e. The van der Waals surface area contributed by atoms with Gasteiger partial charge in [0, 0.05) is 18.7 Å². The third-order valence-corrected chi connectivity index (χ3v) is 3.09. The molecule has 0 bridgehead atoms. The summed E-state index contributed by atoms with van der Waals surface area (Å²) in [5.74, 6) is 1.37. The van der Waals surface area contributed by atoms with Crippen molar-refractivity contribution in [1.82, 2.24) is 9.55 Å². The van der Waals surface area contributed by atoms with E-state index in [0.29, 0.717) is 0 Å². The van der Waals surface area contributed by atoms with Crippen molar-refractivity contribution in [2.45, 2.75) is 45.1 Å². The minimum atomic E-state index is 1.22. The second-order valence-corrected chi connectivity index (χ2v) is 3.88. The Balaban J connectivity index is 2.14. The van der Waals surface area contributed by atoms with Gasteiger partial charge in [-0.15, -0.1) is 0 Å². The number of fused-ring (bicyclic) bond motifs is 3. The average molecular weight is 162 g/mol. The molecule has 0 aromatic carbocycles. The van der Waals surface area contributed by atoms with Crippen LogP contribution in [-0.2, 0) is 25.8 Å². The van der Waals surface area contributed by atoms with Gasteiger partial charge in [0.1, 0.15) is 5.82 Å². The Bertz CT molecular complexity index is 312. The second kappa shape index (κ2) is 2.35. The zero-order valence-corrected chi connectivity index (χ0v) is 7.34. The quantitative estimate of drug-likeness (QED) is 0.568. The molecule has 0 N–H and O–H groups in total. The van der Waals surface area contributed by atoms with Crippen LogP contribution in [-0.4, -0.2) is 9.55 Å². The number of nitrogens with zero attached hydrogens (tertiary/aromatic N) is 2. The van der Waals surface area contributed by atoms with Crippen LogP contribution in [0.5, 0.6) is 0 Å². The van der Waals surface area contributed by atoms with E-state index in [0.717, 1.165) is 0 Å². The first-order valence-corrected chi connectivity index (χ1v) is 5.02. The number of rotatable bonds is 0. The summed E-state index contributed by atoms with van der Waals surface area (Å²) in [7, 11) is 0. The first-order valence-electron chi connectivity index (χ1n) is 5.02. The average Bonchev–Trinajstić information content (AvgIpc) is 2.62. The van der Waals surface area contributed by atoms with Gasteiger partial charge >= 0.3 is 0 Å². The van der Waals surface area contributed by atoms with Crippen LogP contribution in [0.3, 0.4) is 0 Å². The molecule has 0 radical (unpaired) electrons. The van der Waals surface area contributed by atoms with E-state index in [1.807, 2.05) is 0 Å². The lowest BCUT2D eigenvalue weighted by Crippen LogP contribution is -2.12. The third-order valence-electron chi connectivity index (χ3n) is 3.09. The van der Waals surface area contributed by atoms with Gasteiger partial charge in [-0.25, -0.2) is 4.98 Å². The summed E-state index contributed by atoms with van der Waals surface area (Å²) in [5.41, 5.74) is 2.97. The molecule has 2 heterocycles. The van der Waals surface area contributed by atoms with Crippen LogP contribution in [0.2, 0.25) is 0 Å². The summed E-state index contributed by atoms with van der Waals surface area (Å²) < 4.78 is 2.48. The molecule has 0 saturated heterocycles. The van der Waals surface area contributed by atoms with Crippen molar-refractivity contribution in [3.63, 3.8) is 0 Å². The number of aryl methyl sites for hydroxylation is 2. The van der Waals surface area contributed by atoms with E-state index in [4.69, 9.17) is 4.98 Å². The summed E-state index contributed by atoms with van der Waals surface area (Å²) in [4.78, 5) is 4.69. The fraction of sp³-hybridized carbons (Fsp3) is 0.700. The first-order chi connectivity index (χ1) is 5.95. The molecule has 0 saturated carbocycles. The van der Waals surface area contributed by atoms with Gasteiger partial charge in [-0.1, -0.05) is 0 Å². The van der Waals surface area contributed by atoms with Gasteiger partial charge in [0.25, 0.3) is 0 Å². The van der Waals surface area contributed by atoms with Crippen LogP contribution in [0.15, 0.2) is 0 Å². The van der Waals surface area contributed by atoms with E-state index < -0.39 is 0 Å². The predicted molar refractivity (Wildman–Crippen MR) is 47.2 cm³/mol. The second-order valence-electron chi connectivity index (χ2n) is 3.88. The van der Waals surface area contributed by atoms with Crippen molar-refractivity contribution in [3.05, 3.63) is 17.2 Å². The Kier molecular flexibility index (Phi) is 1.31. The lowest BCUT2D eigenvalue weighted by atomic mass is 10.1. The standard InChI is InChI=1S/C10H14N2/c1-2-7-12-9-5-3-4-8(9)11-10(12)6-1/h1-7H2. The fourth-order valence-corrected chi connectivity index (χ4v) is 2.50. The maximum atomic E-state index is 4.69. The number of hydrogen-bond acceptors (Lipinski definition) is 1. The zero-order chi connectivity index (χ0) is 7.97. The maximum Gasteiger partial charge on any atom is 0.109 e. The molecule has 1 aliphatic heterocycles. The molecule has 1 aliphatic carbocycles. The number of aromatic nitrogens is 2. The Hall–Kier alpha value is -0.790. The van der Waals surface area contributed by atoms with Crippen LogP contribution >= 0.6 is 0 Å². The smallest absolute Gasteiger partial charge is 0.109 e. The van der Waals surface area contributed by atoms with Crippen molar-refractivity contribution in [1.29, 1.82) is 0 Å². The number of hydrogen-bond donors (Lipinski definition) is 0. The first kappa shape index (κ1) is 6.70. The molecule has 0 atom stereocenters. The van der Waals surface area contributed by atoms with Gasteiger partial charge in [-0.2, -0.15) is 0 Å². The maximum absolute atomic E-state index is 4.69. The predicted octanol–water partition coefficient (Wildman–Crippen LogP) is 1.71. The van der Waals surface area contributed by atoms with Gasteiger partial charge in [0.2, 0.25) is 0 Å². The largest absolute Gasteiger partial charge is 0.332 e. The molecule has 1 aromatic rings. The van der Waals surface area contributed by atoms with Gasteiger partial charge in [0.15, 0.2) is 0 Å². The summed E-state index contributed by atoms with van der Waals surface area (Å²) in [5, 5.41) is 0. The summed E-state index contributed by atoms with van der Waals surface area (Å²) >= 11 is 0. The summed E-state index contributed by atoms with van der Waals surface area (Å²) in [6, 6.07) is 0. The molecule has 0 spiro atoms. The highest BCUT2D eigenvalue weighted by Crippen LogP contribution is 2.26. The zero-order valence-electron chi connectivity index (χ0n) is 7.34. The summed E-state index contributed by atoms with van der Waals surface area (Å²) in [6.07, 6.45) is 7.76. The monoisotopic (exact) mass is 162 g/mol. The van der Waals surface area contributed by atoms with Crippen LogP contribution < -0.4 is 0 Å². The highest BCUT2D eigenvalue weighted by Gasteiger charge is 2.22. The number of imidazole rings is 1. The third kappa shape index (κ3) is 0.780. The Morgan fingerprint density at radius 3 is 3.00 bits per heavy atom. The molecule has 12 heavy (non-hydrogen) atoms.